The first-order valence-corrected chi connectivity index (χ1v) is 11.0. The fourth-order valence-corrected chi connectivity index (χ4v) is 4.36. The highest BCUT2D eigenvalue weighted by molar-refractivity contribution is 6.21. The van der Waals surface area contributed by atoms with Crippen LogP contribution in [0.1, 0.15) is 42.2 Å². The first-order chi connectivity index (χ1) is 16.1. The minimum Gasteiger partial charge on any atom is -0.336 e. The first kappa shape index (κ1) is 21.0. The van der Waals surface area contributed by atoms with Gasteiger partial charge in [-0.2, -0.15) is 0 Å². The van der Waals surface area contributed by atoms with Gasteiger partial charge in [-0.25, -0.2) is 0 Å². The molecule has 0 radical (unpaired) electrons. The van der Waals surface area contributed by atoms with E-state index in [0.717, 1.165) is 25.2 Å². The van der Waals surface area contributed by atoms with Crippen molar-refractivity contribution in [1.82, 2.24) is 19.7 Å². The number of benzene rings is 2. The molecule has 0 atom stereocenters. The van der Waals surface area contributed by atoms with Crippen LogP contribution in [0.4, 0.5) is 0 Å². The Morgan fingerprint density at radius 2 is 1.30 bits per heavy atom. The summed E-state index contributed by atoms with van der Waals surface area (Å²) in [7, 11) is 0. The second-order valence-electron chi connectivity index (χ2n) is 8.36. The number of carbonyl (C=O) groups is 3. The van der Waals surface area contributed by atoms with Gasteiger partial charge in [0, 0.05) is 50.7 Å². The predicted molar refractivity (Wildman–Crippen MR) is 123 cm³/mol. The Morgan fingerprint density at radius 1 is 0.727 bits per heavy atom. The summed E-state index contributed by atoms with van der Waals surface area (Å²) in [6.45, 7) is 4.06. The van der Waals surface area contributed by atoms with Crippen molar-refractivity contribution < 1.29 is 14.4 Å². The van der Waals surface area contributed by atoms with E-state index in [-0.39, 0.29) is 24.3 Å². The number of aromatic nitrogens is 1. The second kappa shape index (κ2) is 8.96. The lowest BCUT2D eigenvalue weighted by Crippen LogP contribution is -2.48. The molecule has 3 aromatic rings. The Morgan fingerprint density at radius 3 is 1.91 bits per heavy atom. The van der Waals surface area contributed by atoms with Gasteiger partial charge in [-0.3, -0.25) is 29.2 Å². The van der Waals surface area contributed by atoms with E-state index in [9.17, 15) is 14.4 Å². The van der Waals surface area contributed by atoms with E-state index in [1.807, 2.05) is 29.2 Å². The zero-order valence-corrected chi connectivity index (χ0v) is 18.2. The fourth-order valence-electron chi connectivity index (χ4n) is 4.36. The van der Waals surface area contributed by atoms with E-state index in [1.54, 1.807) is 48.8 Å². The average Bonchev–Trinajstić information content (AvgIpc) is 3.10. The van der Waals surface area contributed by atoms with Crippen molar-refractivity contribution in [2.24, 2.45) is 0 Å². The highest BCUT2D eigenvalue weighted by Crippen LogP contribution is 2.24. The number of carbonyl (C=O) groups excluding carboxylic acids is 3. The summed E-state index contributed by atoms with van der Waals surface area (Å²) in [6, 6.07) is 18.1. The minimum absolute atomic E-state index is 0.00541. The van der Waals surface area contributed by atoms with E-state index in [4.69, 9.17) is 0 Å². The van der Waals surface area contributed by atoms with E-state index in [1.165, 1.54) is 10.5 Å². The molecule has 0 aliphatic carbocycles. The van der Waals surface area contributed by atoms with Crippen LogP contribution in [0.3, 0.4) is 0 Å². The van der Waals surface area contributed by atoms with E-state index in [2.05, 4.69) is 9.88 Å². The Balaban J connectivity index is 1.18. The Kier molecular flexibility index (Phi) is 5.71. The lowest BCUT2D eigenvalue weighted by atomic mass is 10.1. The van der Waals surface area contributed by atoms with Crippen molar-refractivity contribution in [3.05, 3.63) is 101 Å². The van der Waals surface area contributed by atoms with Crippen LogP contribution in [0.2, 0.25) is 0 Å². The van der Waals surface area contributed by atoms with Crippen LogP contribution < -0.4 is 0 Å². The van der Waals surface area contributed by atoms with Crippen LogP contribution in [0.5, 0.6) is 0 Å². The van der Waals surface area contributed by atoms with Crippen molar-refractivity contribution in [3.8, 4) is 0 Å². The van der Waals surface area contributed by atoms with Crippen molar-refractivity contribution >= 4 is 17.7 Å². The summed E-state index contributed by atoms with van der Waals surface area (Å²) in [5.74, 6) is -0.549. The first-order valence-electron chi connectivity index (χ1n) is 11.0. The van der Waals surface area contributed by atoms with Crippen LogP contribution in [0, 0.1) is 0 Å². The average molecular weight is 441 g/mol. The van der Waals surface area contributed by atoms with Gasteiger partial charge in [-0.05, 0) is 47.5 Å². The molecule has 5 rings (SSSR count). The minimum atomic E-state index is -0.277. The van der Waals surface area contributed by atoms with Gasteiger partial charge in [-0.1, -0.05) is 24.3 Å². The lowest BCUT2D eigenvalue weighted by molar-refractivity contribution is 0.0621. The quantitative estimate of drug-likeness (QED) is 0.571. The summed E-state index contributed by atoms with van der Waals surface area (Å²) in [4.78, 5) is 47.6. The number of pyridine rings is 1. The summed E-state index contributed by atoms with van der Waals surface area (Å²) in [6.07, 6.45) is 3.60. The SMILES string of the molecule is O=C(c1ccc(CN2C(=O)c3ccccc3C2=O)cc1)N1CCN(Cc2ccncc2)CC1. The van der Waals surface area contributed by atoms with Gasteiger partial charge in [0.1, 0.15) is 0 Å². The maximum Gasteiger partial charge on any atom is 0.261 e. The van der Waals surface area contributed by atoms with Crippen LogP contribution in [-0.2, 0) is 13.1 Å². The molecule has 166 valence electrons. The zero-order valence-electron chi connectivity index (χ0n) is 18.2. The summed E-state index contributed by atoms with van der Waals surface area (Å²) >= 11 is 0. The smallest absolute Gasteiger partial charge is 0.261 e. The van der Waals surface area contributed by atoms with Crippen molar-refractivity contribution in [3.63, 3.8) is 0 Å². The van der Waals surface area contributed by atoms with Gasteiger partial charge in [0.2, 0.25) is 0 Å². The maximum absolute atomic E-state index is 13.0. The summed E-state index contributed by atoms with van der Waals surface area (Å²) in [5.41, 5.74) is 3.53. The number of rotatable bonds is 5. The standard InChI is InChI=1S/C26H24N4O3/c31-24(29-15-13-28(14-16-29)17-20-9-11-27-12-10-20)21-7-5-19(6-8-21)18-30-25(32)22-3-1-2-4-23(22)26(30)33/h1-12H,13-18H2. The Labute approximate surface area is 192 Å². The second-order valence-corrected chi connectivity index (χ2v) is 8.36. The maximum atomic E-state index is 13.0. The van der Waals surface area contributed by atoms with Gasteiger partial charge in [-0.15, -0.1) is 0 Å². The van der Waals surface area contributed by atoms with Crippen LogP contribution in [0.15, 0.2) is 73.1 Å². The fraction of sp³-hybridized carbons (Fsp3) is 0.231. The third-order valence-electron chi connectivity index (χ3n) is 6.23. The Hall–Kier alpha value is -3.84. The van der Waals surface area contributed by atoms with Gasteiger partial charge in [0.15, 0.2) is 0 Å². The molecule has 3 heterocycles. The Bertz CT molecular complexity index is 1150. The highest BCUT2D eigenvalue weighted by Gasteiger charge is 2.35. The molecule has 33 heavy (non-hydrogen) atoms. The molecule has 2 aromatic carbocycles. The molecule has 2 aliphatic heterocycles. The molecule has 7 heteroatoms. The van der Waals surface area contributed by atoms with E-state index >= 15 is 0 Å². The molecule has 0 unspecified atom stereocenters. The van der Waals surface area contributed by atoms with Crippen molar-refractivity contribution in [2.75, 3.05) is 26.2 Å². The molecule has 0 bridgehead atoms. The summed E-state index contributed by atoms with van der Waals surface area (Å²) in [5, 5.41) is 0. The molecule has 0 spiro atoms. The molecule has 1 fully saturated rings. The molecular weight excluding hydrogens is 416 g/mol. The van der Waals surface area contributed by atoms with Crippen LogP contribution >= 0.6 is 0 Å². The molecule has 1 saturated heterocycles. The molecular formula is C26H24N4O3. The number of hydrogen-bond donors (Lipinski definition) is 0. The molecule has 3 amide bonds. The third kappa shape index (κ3) is 4.27. The molecule has 1 aromatic heterocycles. The summed E-state index contributed by atoms with van der Waals surface area (Å²) < 4.78 is 0. The van der Waals surface area contributed by atoms with Gasteiger partial charge >= 0.3 is 0 Å². The van der Waals surface area contributed by atoms with Gasteiger partial charge < -0.3 is 4.90 Å². The monoisotopic (exact) mass is 440 g/mol. The topological polar surface area (TPSA) is 73.8 Å². The number of hydrogen-bond acceptors (Lipinski definition) is 5. The molecule has 7 nitrogen and oxygen atoms in total. The van der Waals surface area contributed by atoms with Crippen molar-refractivity contribution in [2.45, 2.75) is 13.1 Å². The number of amides is 3. The molecule has 2 aliphatic rings. The van der Waals surface area contributed by atoms with Crippen LogP contribution in [-0.4, -0.2) is 63.6 Å². The lowest BCUT2D eigenvalue weighted by Gasteiger charge is -2.34. The molecule has 0 saturated carbocycles. The predicted octanol–water partition coefficient (Wildman–Crippen LogP) is 2.84. The molecule has 0 N–H and O–H groups in total. The van der Waals surface area contributed by atoms with Gasteiger partial charge in [0.05, 0.1) is 17.7 Å². The third-order valence-corrected chi connectivity index (χ3v) is 6.23. The largest absolute Gasteiger partial charge is 0.336 e. The number of imide groups is 1. The van der Waals surface area contributed by atoms with Crippen molar-refractivity contribution in [1.29, 1.82) is 0 Å². The normalized spacial score (nSPS) is 16.2. The highest BCUT2D eigenvalue weighted by atomic mass is 16.2. The number of piperazine rings is 1. The van der Waals surface area contributed by atoms with Crippen LogP contribution in [0.25, 0.3) is 0 Å². The van der Waals surface area contributed by atoms with E-state index in [0.29, 0.717) is 29.8 Å². The van der Waals surface area contributed by atoms with Gasteiger partial charge in [0.25, 0.3) is 17.7 Å². The number of nitrogens with zero attached hydrogens (tertiary/aromatic N) is 4. The van der Waals surface area contributed by atoms with E-state index < -0.39 is 0 Å². The zero-order chi connectivity index (χ0) is 22.8. The number of fused-ring (bicyclic) bond motifs is 1.